The number of aryl methyl sites for hydroxylation is 2. The van der Waals surface area contributed by atoms with Crippen molar-refractivity contribution < 1.29 is 17.9 Å². The van der Waals surface area contributed by atoms with Gasteiger partial charge in [-0.05, 0) is 44.0 Å². The topological polar surface area (TPSA) is 65.4 Å². The maximum absolute atomic E-state index is 12.8. The van der Waals surface area contributed by atoms with Crippen molar-refractivity contribution in [3.8, 4) is 0 Å². The number of hydrogen-bond donors (Lipinski definition) is 0. The van der Waals surface area contributed by atoms with Gasteiger partial charge < -0.3 is 4.74 Å². The van der Waals surface area contributed by atoms with Gasteiger partial charge in [-0.2, -0.15) is 0 Å². The number of ether oxygens (including phenoxy) is 1. The summed E-state index contributed by atoms with van der Waals surface area (Å²) < 4.78 is 31.8. The van der Waals surface area contributed by atoms with E-state index in [1.54, 1.807) is 30.5 Å². The molecule has 0 fully saturated rings. The molecule has 0 aliphatic heterocycles. The first kappa shape index (κ1) is 16.3. The Labute approximate surface area is 130 Å². The molecule has 0 amide bonds. The van der Waals surface area contributed by atoms with Crippen LogP contribution in [-0.4, -0.2) is 18.4 Å². The van der Waals surface area contributed by atoms with Gasteiger partial charge in [0.25, 0.3) is 10.0 Å². The van der Waals surface area contributed by atoms with Crippen molar-refractivity contribution in [2.24, 2.45) is 0 Å². The molecule has 22 heavy (non-hydrogen) atoms. The SMILES string of the molecule is CC(=O)OCc1c(C)c(C)cn1S(=O)(=O)c1ccc(C)cc1. The summed E-state index contributed by atoms with van der Waals surface area (Å²) in [5, 5.41) is 0. The number of esters is 1. The number of rotatable bonds is 4. The number of benzene rings is 1. The molecule has 2 aromatic rings. The molecule has 0 aliphatic rings. The van der Waals surface area contributed by atoms with Gasteiger partial charge in [0.2, 0.25) is 0 Å². The van der Waals surface area contributed by atoms with E-state index >= 15 is 0 Å². The fourth-order valence-electron chi connectivity index (χ4n) is 2.12. The summed E-state index contributed by atoms with van der Waals surface area (Å²) in [5.74, 6) is -0.447. The summed E-state index contributed by atoms with van der Waals surface area (Å²) in [4.78, 5) is 11.2. The maximum Gasteiger partial charge on any atom is 0.303 e. The molecule has 0 bridgehead atoms. The molecular weight excluding hydrogens is 302 g/mol. The van der Waals surface area contributed by atoms with Gasteiger partial charge in [0.15, 0.2) is 0 Å². The predicted molar refractivity (Wildman–Crippen MR) is 83.1 cm³/mol. The van der Waals surface area contributed by atoms with Crippen LogP contribution < -0.4 is 0 Å². The number of nitrogens with zero attached hydrogens (tertiary/aromatic N) is 1. The average molecular weight is 321 g/mol. The molecule has 0 saturated heterocycles. The molecule has 1 aromatic heterocycles. The van der Waals surface area contributed by atoms with E-state index in [9.17, 15) is 13.2 Å². The van der Waals surface area contributed by atoms with Gasteiger partial charge in [-0.1, -0.05) is 17.7 Å². The van der Waals surface area contributed by atoms with E-state index in [-0.39, 0.29) is 11.5 Å². The Morgan fingerprint density at radius 1 is 1.14 bits per heavy atom. The molecule has 0 aliphatic carbocycles. The number of hydrogen-bond acceptors (Lipinski definition) is 4. The van der Waals surface area contributed by atoms with Gasteiger partial charge in [-0.25, -0.2) is 12.4 Å². The fourth-order valence-corrected chi connectivity index (χ4v) is 3.61. The largest absolute Gasteiger partial charge is 0.459 e. The monoisotopic (exact) mass is 321 g/mol. The van der Waals surface area contributed by atoms with E-state index in [0.717, 1.165) is 16.7 Å². The van der Waals surface area contributed by atoms with Crippen molar-refractivity contribution in [2.75, 3.05) is 0 Å². The number of aromatic nitrogens is 1. The highest BCUT2D eigenvalue weighted by Gasteiger charge is 2.23. The first-order valence-corrected chi connectivity index (χ1v) is 8.30. The van der Waals surface area contributed by atoms with Gasteiger partial charge in [-0.3, -0.25) is 4.79 Å². The second-order valence-corrected chi connectivity index (χ2v) is 7.09. The Morgan fingerprint density at radius 2 is 1.73 bits per heavy atom. The Kier molecular flexibility index (Phi) is 4.42. The van der Waals surface area contributed by atoms with Gasteiger partial charge in [0.05, 0.1) is 10.6 Å². The Bertz CT molecular complexity index is 801. The van der Waals surface area contributed by atoms with Crippen LogP contribution in [0.2, 0.25) is 0 Å². The molecule has 1 aromatic carbocycles. The minimum absolute atomic E-state index is 0.0693. The van der Waals surface area contributed by atoms with Crippen molar-refractivity contribution in [2.45, 2.75) is 39.2 Å². The van der Waals surface area contributed by atoms with E-state index in [0.29, 0.717) is 5.69 Å². The predicted octanol–water partition coefficient (Wildman–Crippen LogP) is 2.71. The van der Waals surface area contributed by atoms with Crippen LogP contribution in [0, 0.1) is 20.8 Å². The molecule has 1 heterocycles. The summed E-state index contributed by atoms with van der Waals surface area (Å²) in [6, 6.07) is 6.65. The summed E-state index contributed by atoms with van der Waals surface area (Å²) in [6.07, 6.45) is 1.56. The van der Waals surface area contributed by atoms with Crippen LogP contribution in [0.25, 0.3) is 0 Å². The van der Waals surface area contributed by atoms with Crippen molar-refractivity contribution >= 4 is 16.0 Å². The molecule has 0 radical (unpaired) electrons. The normalized spacial score (nSPS) is 11.5. The van der Waals surface area contributed by atoms with Gasteiger partial charge in [-0.15, -0.1) is 0 Å². The summed E-state index contributed by atoms with van der Waals surface area (Å²) in [7, 11) is -3.71. The molecule has 0 unspecified atom stereocenters. The van der Waals surface area contributed by atoms with Crippen LogP contribution in [0.15, 0.2) is 35.4 Å². The van der Waals surface area contributed by atoms with E-state index in [2.05, 4.69) is 0 Å². The molecule has 5 nitrogen and oxygen atoms in total. The van der Waals surface area contributed by atoms with Crippen LogP contribution in [0.1, 0.15) is 29.3 Å². The Balaban J connectivity index is 2.53. The second kappa shape index (κ2) is 5.96. The molecular formula is C16H19NO4S. The maximum atomic E-state index is 12.8. The molecule has 0 N–H and O–H groups in total. The summed E-state index contributed by atoms with van der Waals surface area (Å²) >= 11 is 0. The lowest BCUT2D eigenvalue weighted by Crippen LogP contribution is -2.16. The van der Waals surface area contributed by atoms with Gasteiger partial charge in [0.1, 0.15) is 6.61 Å². The van der Waals surface area contributed by atoms with Crippen LogP contribution in [-0.2, 0) is 26.2 Å². The fraction of sp³-hybridized carbons (Fsp3) is 0.312. The van der Waals surface area contributed by atoms with E-state index in [1.165, 1.54) is 10.9 Å². The molecule has 2 rings (SSSR count). The van der Waals surface area contributed by atoms with Crippen molar-refractivity contribution in [3.05, 3.63) is 52.8 Å². The second-order valence-electron chi connectivity index (χ2n) is 5.28. The third-order valence-electron chi connectivity index (χ3n) is 3.59. The highest BCUT2D eigenvalue weighted by atomic mass is 32.2. The third kappa shape index (κ3) is 3.06. The standard InChI is InChI=1S/C16H19NO4S/c1-11-5-7-15(8-6-11)22(19,20)17-9-12(2)13(3)16(17)10-21-14(4)18/h5-9H,10H2,1-4H3. The molecule has 0 atom stereocenters. The quantitative estimate of drug-likeness (QED) is 0.812. The smallest absolute Gasteiger partial charge is 0.303 e. The van der Waals surface area contributed by atoms with Crippen LogP contribution in [0.5, 0.6) is 0 Å². The first-order valence-electron chi connectivity index (χ1n) is 6.86. The zero-order valence-corrected chi connectivity index (χ0v) is 13.9. The van der Waals surface area contributed by atoms with Crippen molar-refractivity contribution in [1.82, 2.24) is 3.97 Å². The molecule has 0 saturated carbocycles. The van der Waals surface area contributed by atoms with Crippen molar-refractivity contribution in [3.63, 3.8) is 0 Å². The van der Waals surface area contributed by atoms with E-state index < -0.39 is 16.0 Å². The summed E-state index contributed by atoms with van der Waals surface area (Å²) in [6.45, 7) is 6.76. The highest BCUT2D eigenvalue weighted by Crippen LogP contribution is 2.23. The van der Waals surface area contributed by atoms with Crippen LogP contribution in [0.4, 0.5) is 0 Å². The van der Waals surface area contributed by atoms with E-state index in [4.69, 9.17) is 4.74 Å². The lowest BCUT2D eigenvalue weighted by atomic mass is 10.2. The van der Waals surface area contributed by atoms with Gasteiger partial charge >= 0.3 is 5.97 Å². The summed E-state index contributed by atoms with van der Waals surface area (Å²) in [5.41, 5.74) is 3.09. The van der Waals surface area contributed by atoms with Gasteiger partial charge in [0, 0.05) is 13.1 Å². The zero-order chi connectivity index (χ0) is 16.5. The molecule has 6 heteroatoms. The lowest BCUT2D eigenvalue weighted by molar-refractivity contribution is -0.142. The first-order chi connectivity index (χ1) is 10.2. The Hall–Kier alpha value is -2.08. The lowest BCUT2D eigenvalue weighted by Gasteiger charge is -2.11. The highest BCUT2D eigenvalue weighted by molar-refractivity contribution is 7.90. The number of carbonyl (C=O) groups is 1. The molecule has 0 spiro atoms. The third-order valence-corrected chi connectivity index (χ3v) is 5.30. The zero-order valence-electron chi connectivity index (χ0n) is 13.1. The Morgan fingerprint density at radius 3 is 2.27 bits per heavy atom. The average Bonchev–Trinajstić information content (AvgIpc) is 2.73. The minimum Gasteiger partial charge on any atom is -0.459 e. The van der Waals surface area contributed by atoms with Crippen LogP contribution >= 0.6 is 0 Å². The minimum atomic E-state index is -3.71. The van der Waals surface area contributed by atoms with E-state index in [1.807, 2.05) is 20.8 Å². The van der Waals surface area contributed by atoms with Crippen molar-refractivity contribution in [1.29, 1.82) is 0 Å². The number of carbonyl (C=O) groups excluding carboxylic acids is 1. The van der Waals surface area contributed by atoms with Crippen LogP contribution in [0.3, 0.4) is 0 Å². The molecule has 118 valence electrons.